The van der Waals surface area contributed by atoms with Crippen LogP contribution >= 0.6 is 0 Å². The summed E-state index contributed by atoms with van der Waals surface area (Å²) in [7, 11) is 1.61. The number of aryl methyl sites for hydroxylation is 1. The number of carbonyl (C=O) groups excluding carboxylic acids is 1. The summed E-state index contributed by atoms with van der Waals surface area (Å²) in [6.07, 6.45) is 1.45. The van der Waals surface area contributed by atoms with Crippen LogP contribution in [0.4, 0.5) is 4.39 Å². The fraction of sp³-hybridized carbons (Fsp3) is 0.360. The van der Waals surface area contributed by atoms with Gasteiger partial charge in [-0.05, 0) is 63.1 Å². The highest BCUT2D eigenvalue weighted by molar-refractivity contribution is 5.76. The first-order valence-corrected chi connectivity index (χ1v) is 11.0. The van der Waals surface area contributed by atoms with E-state index in [-0.39, 0.29) is 11.7 Å². The lowest BCUT2D eigenvalue weighted by molar-refractivity contribution is -0.130. The maximum absolute atomic E-state index is 14.4. The van der Waals surface area contributed by atoms with Crippen LogP contribution in [0.1, 0.15) is 38.4 Å². The summed E-state index contributed by atoms with van der Waals surface area (Å²) >= 11 is 0. The summed E-state index contributed by atoms with van der Waals surface area (Å²) in [4.78, 5) is 14.4. The van der Waals surface area contributed by atoms with E-state index in [1.54, 1.807) is 34.9 Å². The van der Waals surface area contributed by atoms with Crippen LogP contribution < -0.4 is 9.47 Å². The Balaban J connectivity index is 2.04. The second kappa shape index (κ2) is 10.8. The Morgan fingerprint density at radius 2 is 1.75 bits per heavy atom. The molecule has 3 rings (SSSR count). The van der Waals surface area contributed by atoms with Gasteiger partial charge in [0.1, 0.15) is 5.75 Å². The first-order chi connectivity index (χ1) is 15.5. The highest BCUT2D eigenvalue weighted by atomic mass is 19.1. The molecule has 0 bridgehead atoms. The lowest BCUT2D eigenvalue weighted by Gasteiger charge is -2.18. The number of methoxy groups -OCH3 is 1. The van der Waals surface area contributed by atoms with Crippen LogP contribution in [0.3, 0.4) is 0 Å². The monoisotopic (exact) mass is 439 g/mol. The Bertz CT molecular complexity index is 1040. The molecule has 170 valence electrons. The summed E-state index contributed by atoms with van der Waals surface area (Å²) in [5.74, 6) is 0.869. The van der Waals surface area contributed by atoms with Gasteiger partial charge >= 0.3 is 0 Å². The second-order valence-corrected chi connectivity index (χ2v) is 7.29. The van der Waals surface area contributed by atoms with Gasteiger partial charge in [0.05, 0.1) is 18.5 Å². The van der Waals surface area contributed by atoms with Gasteiger partial charge in [-0.2, -0.15) is 5.10 Å². The van der Waals surface area contributed by atoms with E-state index in [2.05, 4.69) is 0 Å². The molecule has 1 aromatic heterocycles. The molecular formula is C25H30FN3O3. The lowest BCUT2D eigenvalue weighted by Crippen LogP contribution is -2.30. The maximum Gasteiger partial charge on any atom is 0.226 e. The van der Waals surface area contributed by atoms with Crippen molar-refractivity contribution in [2.24, 2.45) is 0 Å². The van der Waals surface area contributed by atoms with E-state index in [1.807, 2.05) is 45.0 Å². The molecule has 0 aliphatic rings. The molecule has 7 heteroatoms. The number of nitrogens with zero attached hydrogens (tertiary/aromatic N) is 3. The molecule has 0 saturated carbocycles. The molecule has 0 atom stereocenters. The molecule has 3 aromatic rings. The number of carbonyl (C=O) groups is 1. The van der Waals surface area contributed by atoms with Crippen molar-refractivity contribution >= 4 is 5.91 Å². The van der Waals surface area contributed by atoms with E-state index in [9.17, 15) is 9.18 Å². The summed E-state index contributed by atoms with van der Waals surface area (Å²) in [5.41, 5.74) is 2.39. The Labute approximate surface area is 188 Å². The van der Waals surface area contributed by atoms with Crippen molar-refractivity contribution in [1.82, 2.24) is 14.7 Å². The van der Waals surface area contributed by atoms with Crippen molar-refractivity contribution in [3.8, 4) is 23.1 Å². The minimum atomic E-state index is -0.460. The van der Waals surface area contributed by atoms with E-state index >= 15 is 0 Å². The number of rotatable bonds is 10. The topological polar surface area (TPSA) is 56.6 Å². The molecule has 6 nitrogen and oxygen atoms in total. The standard InChI is InChI=1S/C25H30FN3O3/c1-5-22-20(16-17-24(30)28(6-2)7-3)25(32-23-11-9-8-10-21(23)26)29(27-22)18-12-14-19(31-4)15-13-18/h8-15H,5-7,16-17H2,1-4H3. The molecule has 0 saturated heterocycles. The number of benzene rings is 2. The predicted octanol–water partition coefficient (Wildman–Crippen LogP) is 5.18. The summed E-state index contributed by atoms with van der Waals surface area (Å²) in [6, 6.07) is 13.7. The molecule has 1 amide bonds. The first kappa shape index (κ1) is 23.3. The lowest BCUT2D eigenvalue weighted by atomic mass is 10.1. The molecule has 0 N–H and O–H groups in total. The van der Waals surface area contributed by atoms with Crippen molar-refractivity contribution in [2.45, 2.75) is 40.0 Å². The molecule has 2 aromatic carbocycles. The molecule has 0 radical (unpaired) electrons. The predicted molar refractivity (Wildman–Crippen MR) is 122 cm³/mol. The molecule has 0 spiro atoms. The maximum atomic E-state index is 14.4. The fourth-order valence-corrected chi connectivity index (χ4v) is 3.61. The number of hydrogen-bond donors (Lipinski definition) is 0. The van der Waals surface area contributed by atoms with Crippen LogP contribution in [0, 0.1) is 5.82 Å². The van der Waals surface area contributed by atoms with Crippen molar-refractivity contribution in [1.29, 1.82) is 0 Å². The van der Waals surface area contributed by atoms with E-state index in [4.69, 9.17) is 14.6 Å². The van der Waals surface area contributed by atoms with Gasteiger partial charge in [-0.3, -0.25) is 4.79 Å². The normalized spacial score (nSPS) is 10.8. The van der Waals surface area contributed by atoms with Crippen molar-refractivity contribution < 1.29 is 18.7 Å². The smallest absolute Gasteiger partial charge is 0.226 e. The van der Waals surface area contributed by atoms with Gasteiger partial charge in [-0.1, -0.05) is 19.1 Å². The third kappa shape index (κ3) is 5.10. The van der Waals surface area contributed by atoms with Crippen LogP contribution in [0.2, 0.25) is 0 Å². The van der Waals surface area contributed by atoms with Gasteiger partial charge < -0.3 is 14.4 Å². The number of para-hydroxylation sites is 1. The van der Waals surface area contributed by atoms with Gasteiger partial charge in [0.25, 0.3) is 0 Å². The number of ether oxygens (including phenoxy) is 2. The van der Waals surface area contributed by atoms with Crippen LogP contribution in [-0.2, 0) is 17.6 Å². The Kier molecular flexibility index (Phi) is 7.87. The van der Waals surface area contributed by atoms with Crippen LogP contribution in [-0.4, -0.2) is 40.8 Å². The Morgan fingerprint density at radius 1 is 1.06 bits per heavy atom. The summed E-state index contributed by atoms with van der Waals surface area (Å²) in [5, 5.41) is 4.75. The Hall–Kier alpha value is -3.35. The molecule has 0 aliphatic carbocycles. The number of hydrogen-bond acceptors (Lipinski definition) is 4. The second-order valence-electron chi connectivity index (χ2n) is 7.29. The van der Waals surface area contributed by atoms with Gasteiger partial charge in [-0.25, -0.2) is 9.07 Å². The zero-order valence-electron chi connectivity index (χ0n) is 19.1. The largest absolute Gasteiger partial charge is 0.497 e. The van der Waals surface area contributed by atoms with E-state index < -0.39 is 5.82 Å². The third-order valence-corrected chi connectivity index (χ3v) is 5.42. The van der Waals surface area contributed by atoms with Gasteiger partial charge in [0.15, 0.2) is 11.6 Å². The Morgan fingerprint density at radius 3 is 2.34 bits per heavy atom. The van der Waals surface area contributed by atoms with Crippen molar-refractivity contribution in [3.05, 3.63) is 65.6 Å². The molecule has 0 unspecified atom stereocenters. The summed E-state index contributed by atoms with van der Waals surface area (Å²) in [6.45, 7) is 7.27. The number of amides is 1. The van der Waals surface area contributed by atoms with Gasteiger partial charge in [0.2, 0.25) is 11.8 Å². The molecule has 0 fully saturated rings. The van der Waals surface area contributed by atoms with Crippen LogP contribution in [0.5, 0.6) is 17.4 Å². The molecule has 1 heterocycles. The van der Waals surface area contributed by atoms with Crippen molar-refractivity contribution in [3.63, 3.8) is 0 Å². The van der Waals surface area contributed by atoms with Crippen LogP contribution in [0.15, 0.2) is 48.5 Å². The molecule has 32 heavy (non-hydrogen) atoms. The SMILES string of the molecule is CCc1nn(-c2ccc(OC)cc2)c(Oc2ccccc2F)c1CCC(=O)N(CC)CC. The number of halogens is 1. The number of aromatic nitrogens is 2. The highest BCUT2D eigenvalue weighted by Gasteiger charge is 2.23. The zero-order valence-corrected chi connectivity index (χ0v) is 19.1. The van der Waals surface area contributed by atoms with E-state index in [0.717, 1.165) is 22.7 Å². The zero-order chi connectivity index (χ0) is 23.1. The van der Waals surface area contributed by atoms with Crippen molar-refractivity contribution in [2.75, 3.05) is 20.2 Å². The molecular weight excluding hydrogens is 409 g/mol. The highest BCUT2D eigenvalue weighted by Crippen LogP contribution is 2.33. The average Bonchev–Trinajstić information content (AvgIpc) is 3.17. The van der Waals surface area contributed by atoms with E-state index in [0.29, 0.717) is 38.2 Å². The first-order valence-electron chi connectivity index (χ1n) is 11.0. The van der Waals surface area contributed by atoms with Gasteiger partial charge in [-0.15, -0.1) is 0 Å². The van der Waals surface area contributed by atoms with Crippen LogP contribution in [0.25, 0.3) is 5.69 Å². The fourth-order valence-electron chi connectivity index (χ4n) is 3.61. The van der Waals surface area contributed by atoms with E-state index in [1.165, 1.54) is 6.07 Å². The summed E-state index contributed by atoms with van der Waals surface area (Å²) < 4.78 is 27.4. The average molecular weight is 440 g/mol. The molecule has 0 aliphatic heterocycles. The minimum Gasteiger partial charge on any atom is -0.497 e. The minimum absolute atomic E-state index is 0.0751. The quantitative estimate of drug-likeness (QED) is 0.437. The van der Waals surface area contributed by atoms with Gasteiger partial charge in [0, 0.05) is 25.1 Å². The third-order valence-electron chi connectivity index (χ3n) is 5.42.